The first-order valence-corrected chi connectivity index (χ1v) is 12.0. The van der Waals surface area contributed by atoms with E-state index in [9.17, 15) is 9.59 Å². The SMILES string of the molecule is CNc1ccc(C(=O)N2CCC3(CC2)CCN(c2ccc(/C(C=N)=C/N)c(OC)c2)C3=O)cc1C=N. The van der Waals surface area contributed by atoms with E-state index in [0.717, 1.165) is 17.8 Å². The first-order chi connectivity index (χ1) is 17.4. The molecular weight excluding hydrogens is 456 g/mol. The van der Waals surface area contributed by atoms with Crippen molar-refractivity contribution in [1.82, 2.24) is 4.90 Å². The van der Waals surface area contributed by atoms with Crippen molar-refractivity contribution in [2.75, 3.05) is 44.0 Å². The number of anilines is 2. The smallest absolute Gasteiger partial charge is 0.253 e. The quantitative estimate of drug-likeness (QED) is 0.443. The van der Waals surface area contributed by atoms with Gasteiger partial charge in [-0.3, -0.25) is 9.59 Å². The number of carbonyl (C=O) groups excluding carboxylic acids is 2. The molecule has 2 saturated heterocycles. The topological polar surface area (TPSA) is 136 Å². The fourth-order valence-electron chi connectivity index (χ4n) is 5.20. The van der Waals surface area contributed by atoms with Crippen LogP contribution in [0, 0.1) is 16.2 Å². The molecule has 1 spiro atoms. The Morgan fingerprint density at radius 2 is 1.83 bits per heavy atom. The van der Waals surface area contributed by atoms with Crippen LogP contribution in [-0.2, 0) is 4.79 Å². The van der Waals surface area contributed by atoms with Gasteiger partial charge in [-0.1, -0.05) is 0 Å². The van der Waals surface area contributed by atoms with Crippen molar-refractivity contribution in [1.29, 1.82) is 10.8 Å². The molecule has 188 valence electrons. The summed E-state index contributed by atoms with van der Waals surface area (Å²) in [4.78, 5) is 30.3. The second kappa shape index (κ2) is 10.2. The third-order valence-electron chi connectivity index (χ3n) is 7.39. The molecule has 9 heteroatoms. The summed E-state index contributed by atoms with van der Waals surface area (Å²) in [6, 6.07) is 10.8. The van der Waals surface area contributed by atoms with E-state index in [4.69, 9.17) is 21.3 Å². The highest BCUT2D eigenvalue weighted by Gasteiger charge is 2.49. The summed E-state index contributed by atoms with van der Waals surface area (Å²) < 4.78 is 5.52. The van der Waals surface area contributed by atoms with Crippen LogP contribution in [-0.4, -0.2) is 62.9 Å². The molecule has 2 aliphatic heterocycles. The van der Waals surface area contributed by atoms with Crippen LogP contribution >= 0.6 is 0 Å². The van der Waals surface area contributed by atoms with Crippen molar-refractivity contribution in [3.8, 4) is 5.75 Å². The van der Waals surface area contributed by atoms with Gasteiger partial charge in [0.15, 0.2) is 0 Å². The number of allylic oxidation sites excluding steroid dienone is 1. The lowest BCUT2D eigenvalue weighted by Crippen LogP contribution is -2.46. The van der Waals surface area contributed by atoms with Crippen molar-refractivity contribution in [2.24, 2.45) is 11.1 Å². The minimum absolute atomic E-state index is 0.0757. The molecule has 0 aromatic heterocycles. The molecule has 2 fully saturated rings. The minimum atomic E-state index is -0.476. The number of benzene rings is 2. The summed E-state index contributed by atoms with van der Waals surface area (Å²) in [5.74, 6) is 0.555. The summed E-state index contributed by atoms with van der Waals surface area (Å²) in [6.07, 6.45) is 5.73. The molecule has 9 nitrogen and oxygen atoms in total. The predicted octanol–water partition coefficient (Wildman–Crippen LogP) is 3.34. The lowest BCUT2D eigenvalue weighted by Gasteiger charge is -2.38. The number of piperidine rings is 1. The number of nitrogens with zero attached hydrogens (tertiary/aromatic N) is 2. The summed E-state index contributed by atoms with van der Waals surface area (Å²) in [5, 5.41) is 18.2. The third-order valence-corrected chi connectivity index (χ3v) is 7.39. The van der Waals surface area contributed by atoms with Gasteiger partial charge in [0.1, 0.15) is 5.75 Å². The Balaban J connectivity index is 1.47. The highest BCUT2D eigenvalue weighted by molar-refractivity contribution is 6.09. The monoisotopic (exact) mass is 488 g/mol. The van der Waals surface area contributed by atoms with Crippen molar-refractivity contribution in [3.05, 3.63) is 59.3 Å². The first-order valence-electron chi connectivity index (χ1n) is 12.0. The first kappa shape index (κ1) is 25.0. The Morgan fingerprint density at radius 3 is 2.44 bits per heavy atom. The van der Waals surface area contributed by atoms with Crippen LogP contribution in [0.15, 0.2) is 42.6 Å². The summed E-state index contributed by atoms with van der Waals surface area (Å²) in [7, 11) is 3.34. The maximum atomic E-state index is 13.6. The van der Waals surface area contributed by atoms with E-state index < -0.39 is 5.41 Å². The Bertz CT molecular complexity index is 1230. The van der Waals surface area contributed by atoms with Gasteiger partial charge in [-0.05, 0) is 49.6 Å². The van der Waals surface area contributed by atoms with Crippen LogP contribution in [0.3, 0.4) is 0 Å². The van der Waals surface area contributed by atoms with Gasteiger partial charge >= 0.3 is 0 Å². The van der Waals surface area contributed by atoms with E-state index in [2.05, 4.69) is 5.32 Å². The van der Waals surface area contributed by atoms with Crippen LogP contribution in [0.1, 0.15) is 40.7 Å². The molecule has 5 N–H and O–H groups in total. The lowest BCUT2D eigenvalue weighted by molar-refractivity contribution is -0.127. The second-order valence-electron chi connectivity index (χ2n) is 9.13. The van der Waals surface area contributed by atoms with Crippen molar-refractivity contribution < 1.29 is 14.3 Å². The second-order valence-corrected chi connectivity index (χ2v) is 9.13. The summed E-state index contributed by atoms with van der Waals surface area (Å²) in [5.41, 5.74) is 9.15. The van der Waals surface area contributed by atoms with Crippen LogP contribution in [0.4, 0.5) is 11.4 Å². The Morgan fingerprint density at radius 1 is 1.11 bits per heavy atom. The van der Waals surface area contributed by atoms with Gasteiger partial charge in [0.05, 0.1) is 12.5 Å². The Labute approximate surface area is 210 Å². The molecule has 2 aromatic rings. The van der Waals surface area contributed by atoms with Gasteiger partial charge in [-0.15, -0.1) is 0 Å². The molecule has 0 atom stereocenters. The molecule has 0 saturated carbocycles. The van der Waals surface area contributed by atoms with Gasteiger partial charge in [0, 0.05) is 85.0 Å². The summed E-state index contributed by atoms with van der Waals surface area (Å²) in [6.45, 7) is 1.63. The zero-order valence-electron chi connectivity index (χ0n) is 20.6. The molecule has 2 heterocycles. The number of methoxy groups -OCH3 is 1. The number of hydrogen-bond acceptors (Lipinski definition) is 7. The average Bonchev–Trinajstić information content (AvgIpc) is 3.24. The molecule has 0 radical (unpaired) electrons. The molecular formula is C27H32N6O3. The number of rotatable bonds is 7. The molecule has 36 heavy (non-hydrogen) atoms. The van der Waals surface area contributed by atoms with Gasteiger partial charge in [0.25, 0.3) is 5.91 Å². The van der Waals surface area contributed by atoms with Crippen molar-refractivity contribution in [3.63, 3.8) is 0 Å². The Hall–Kier alpha value is -4.14. The minimum Gasteiger partial charge on any atom is -0.496 e. The largest absolute Gasteiger partial charge is 0.496 e. The van der Waals surface area contributed by atoms with Gasteiger partial charge < -0.3 is 36.4 Å². The van der Waals surface area contributed by atoms with Crippen LogP contribution in [0.2, 0.25) is 0 Å². The number of nitrogens with two attached hydrogens (primary N) is 1. The van der Waals surface area contributed by atoms with E-state index in [0.29, 0.717) is 60.5 Å². The van der Waals surface area contributed by atoms with E-state index in [1.54, 1.807) is 36.1 Å². The van der Waals surface area contributed by atoms with Crippen LogP contribution in [0.25, 0.3) is 5.57 Å². The van der Waals surface area contributed by atoms with Crippen molar-refractivity contribution in [2.45, 2.75) is 19.3 Å². The fourth-order valence-corrected chi connectivity index (χ4v) is 5.20. The normalized spacial score (nSPS) is 17.3. The van der Waals surface area contributed by atoms with Gasteiger partial charge in [-0.2, -0.15) is 0 Å². The fraction of sp³-hybridized carbons (Fsp3) is 0.333. The average molecular weight is 489 g/mol. The van der Waals surface area contributed by atoms with E-state index in [1.807, 2.05) is 24.3 Å². The number of ether oxygens (including phenoxy) is 1. The number of amides is 2. The maximum absolute atomic E-state index is 13.6. The van der Waals surface area contributed by atoms with Gasteiger partial charge in [-0.25, -0.2) is 0 Å². The number of carbonyl (C=O) groups is 2. The zero-order chi connectivity index (χ0) is 25.9. The molecule has 2 aliphatic rings. The summed E-state index contributed by atoms with van der Waals surface area (Å²) >= 11 is 0. The lowest BCUT2D eigenvalue weighted by atomic mass is 9.77. The highest BCUT2D eigenvalue weighted by Crippen LogP contribution is 2.44. The molecule has 0 aliphatic carbocycles. The van der Waals surface area contributed by atoms with E-state index >= 15 is 0 Å². The standard InChI is InChI=1S/C27H32N6O3/c1-31-23-6-3-18(13-19(23)15-28)25(34)32-10-7-27(8-11-32)9-12-33(26(27)35)21-4-5-22(20(16-29)17-30)24(14-21)36-2/h3-6,13-17,28-29,31H,7-12,30H2,1-2H3/b20-17+,28-15?,29-16?. The molecule has 0 unspecified atom stereocenters. The zero-order valence-corrected chi connectivity index (χ0v) is 20.6. The third kappa shape index (κ3) is 4.32. The molecule has 4 rings (SSSR count). The van der Waals surface area contributed by atoms with Crippen molar-refractivity contribution >= 4 is 41.2 Å². The number of hydrogen-bond donors (Lipinski definition) is 4. The van der Waals surface area contributed by atoms with Crippen LogP contribution < -0.4 is 20.7 Å². The maximum Gasteiger partial charge on any atom is 0.253 e. The highest BCUT2D eigenvalue weighted by atomic mass is 16.5. The van der Waals surface area contributed by atoms with Crippen LogP contribution in [0.5, 0.6) is 5.75 Å². The number of likely N-dealkylation sites (tertiary alicyclic amines) is 1. The van der Waals surface area contributed by atoms with Gasteiger partial charge in [0.2, 0.25) is 5.91 Å². The molecule has 2 amide bonds. The molecule has 0 bridgehead atoms. The Kier molecular flexibility index (Phi) is 7.10. The molecule has 2 aromatic carbocycles. The predicted molar refractivity (Wildman–Crippen MR) is 142 cm³/mol. The van der Waals surface area contributed by atoms with E-state index in [-0.39, 0.29) is 11.8 Å². The van der Waals surface area contributed by atoms with E-state index in [1.165, 1.54) is 18.6 Å². The number of nitrogens with one attached hydrogen (secondary N) is 3.